The van der Waals surface area contributed by atoms with Crippen LogP contribution in [0.5, 0.6) is 5.88 Å². The maximum atomic E-state index is 5.36. The molecule has 0 fully saturated rings. The molecule has 1 heterocycles. The minimum absolute atomic E-state index is 0.462. The molecule has 1 N–H and O–H groups in total. The first kappa shape index (κ1) is 13.8. The van der Waals surface area contributed by atoms with Crippen LogP contribution in [0, 0.1) is 0 Å². The molecule has 0 saturated heterocycles. The molecule has 17 heavy (non-hydrogen) atoms. The van der Waals surface area contributed by atoms with Crippen molar-refractivity contribution >= 4 is 0 Å². The van der Waals surface area contributed by atoms with E-state index in [1.54, 1.807) is 13.2 Å². The minimum Gasteiger partial charge on any atom is -0.474 e. The van der Waals surface area contributed by atoms with E-state index in [2.05, 4.69) is 15.5 Å². The second kappa shape index (κ2) is 8.86. The Morgan fingerprint density at radius 3 is 2.59 bits per heavy atom. The molecule has 0 bridgehead atoms. The molecular weight excluding hydrogens is 222 g/mol. The second-order valence-electron chi connectivity index (χ2n) is 3.35. The first-order valence-electron chi connectivity index (χ1n) is 5.53. The average molecular weight is 241 g/mol. The van der Waals surface area contributed by atoms with Crippen molar-refractivity contribution in [3.63, 3.8) is 0 Å². The highest BCUT2D eigenvalue weighted by molar-refractivity contribution is 5.11. The Labute approximate surface area is 101 Å². The highest BCUT2D eigenvalue weighted by atomic mass is 16.5. The number of nitrogens with one attached hydrogen (secondary N) is 1. The number of nitrogens with zero attached hydrogens (tertiary/aromatic N) is 2. The Kier molecular flexibility index (Phi) is 7.20. The maximum Gasteiger partial charge on any atom is 0.233 e. The van der Waals surface area contributed by atoms with Crippen molar-refractivity contribution in [1.29, 1.82) is 0 Å². The molecule has 1 aromatic rings. The first-order valence-corrected chi connectivity index (χ1v) is 5.53. The summed E-state index contributed by atoms with van der Waals surface area (Å²) >= 11 is 0. The molecule has 0 aliphatic heterocycles. The van der Waals surface area contributed by atoms with Crippen LogP contribution in [0.15, 0.2) is 12.1 Å². The van der Waals surface area contributed by atoms with E-state index in [1.165, 1.54) is 0 Å². The molecule has 1 aromatic heterocycles. The standard InChI is InChI=1S/C11H19N3O3/c1-12-9-10-3-4-11(14-13-10)17-8-7-16-6-5-15-2/h3-4,12H,5-9H2,1-2H3. The van der Waals surface area contributed by atoms with Gasteiger partial charge in [-0.25, -0.2) is 0 Å². The Bertz CT molecular complexity index is 293. The van der Waals surface area contributed by atoms with E-state index >= 15 is 0 Å². The Balaban J connectivity index is 2.14. The van der Waals surface area contributed by atoms with E-state index < -0.39 is 0 Å². The third kappa shape index (κ3) is 6.15. The number of rotatable bonds is 9. The second-order valence-corrected chi connectivity index (χ2v) is 3.35. The highest BCUT2D eigenvalue weighted by Crippen LogP contribution is 2.04. The van der Waals surface area contributed by atoms with Crippen LogP contribution < -0.4 is 10.1 Å². The van der Waals surface area contributed by atoms with Crippen LogP contribution in [-0.4, -0.2) is 50.8 Å². The third-order valence-corrected chi connectivity index (χ3v) is 1.96. The number of methoxy groups -OCH3 is 1. The van der Waals surface area contributed by atoms with Gasteiger partial charge in [-0.15, -0.1) is 5.10 Å². The van der Waals surface area contributed by atoms with E-state index in [0.29, 0.717) is 38.9 Å². The SMILES string of the molecule is CNCc1ccc(OCCOCCOC)nn1. The largest absolute Gasteiger partial charge is 0.474 e. The number of hydrogen-bond acceptors (Lipinski definition) is 6. The fourth-order valence-electron chi connectivity index (χ4n) is 1.15. The lowest BCUT2D eigenvalue weighted by Crippen LogP contribution is -2.11. The fraction of sp³-hybridized carbons (Fsp3) is 0.636. The smallest absolute Gasteiger partial charge is 0.233 e. The van der Waals surface area contributed by atoms with Gasteiger partial charge in [-0.1, -0.05) is 0 Å². The first-order chi connectivity index (χ1) is 8.36. The Morgan fingerprint density at radius 1 is 1.12 bits per heavy atom. The van der Waals surface area contributed by atoms with Crippen LogP contribution in [0.4, 0.5) is 0 Å². The lowest BCUT2D eigenvalue weighted by Gasteiger charge is -2.06. The normalized spacial score (nSPS) is 10.5. The number of hydrogen-bond donors (Lipinski definition) is 1. The maximum absolute atomic E-state index is 5.36. The molecule has 0 amide bonds. The summed E-state index contributed by atoms with van der Waals surface area (Å²) in [7, 11) is 3.51. The molecule has 0 atom stereocenters. The molecule has 0 aliphatic rings. The van der Waals surface area contributed by atoms with Crippen LogP contribution >= 0.6 is 0 Å². The van der Waals surface area contributed by atoms with Gasteiger partial charge in [0, 0.05) is 19.7 Å². The Hall–Kier alpha value is -1.24. The van der Waals surface area contributed by atoms with Gasteiger partial charge in [0.05, 0.1) is 25.5 Å². The predicted molar refractivity (Wildman–Crippen MR) is 63.0 cm³/mol. The van der Waals surface area contributed by atoms with Gasteiger partial charge in [0.2, 0.25) is 5.88 Å². The van der Waals surface area contributed by atoms with E-state index in [0.717, 1.165) is 5.69 Å². The van der Waals surface area contributed by atoms with Gasteiger partial charge in [0.15, 0.2) is 0 Å². The number of aromatic nitrogens is 2. The molecule has 6 heteroatoms. The van der Waals surface area contributed by atoms with Gasteiger partial charge in [-0.3, -0.25) is 0 Å². The molecule has 0 aliphatic carbocycles. The molecule has 1 rings (SSSR count). The average Bonchev–Trinajstić information content (AvgIpc) is 2.36. The van der Waals surface area contributed by atoms with Gasteiger partial charge in [-0.05, 0) is 13.1 Å². The van der Waals surface area contributed by atoms with Gasteiger partial charge in [0.25, 0.3) is 0 Å². The monoisotopic (exact) mass is 241 g/mol. The summed E-state index contributed by atoms with van der Waals surface area (Å²) in [5, 5.41) is 10.9. The zero-order valence-corrected chi connectivity index (χ0v) is 10.3. The lowest BCUT2D eigenvalue weighted by atomic mass is 10.4. The van der Waals surface area contributed by atoms with Crippen LogP contribution in [0.25, 0.3) is 0 Å². The van der Waals surface area contributed by atoms with E-state index in [-0.39, 0.29) is 0 Å². The summed E-state index contributed by atoms with van der Waals surface area (Å²) in [6.45, 7) is 2.85. The summed E-state index contributed by atoms with van der Waals surface area (Å²) in [6, 6.07) is 3.68. The van der Waals surface area contributed by atoms with Crippen LogP contribution in [0.2, 0.25) is 0 Å². The van der Waals surface area contributed by atoms with E-state index in [1.807, 2.05) is 13.1 Å². The topological polar surface area (TPSA) is 65.5 Å². The van der Waals surface area contributed by atoms with Gasteiger partial charge in [0.1, 0.15) is 6.61 Å². The molecule has 0 saturated carbocycles. The fourth-order valence-corrected chi connectivity index (χ4v) is 1.15. The van der Waals surface area contributed by atoms with Crippen LogP contribution in [0.3, 0.4) is 0 Å². The molecule has 0 radical (unpaired) electrons. The molecule has 0 unspecified atom stereocenters. The predicted octanol–water partition coefficient (Wildman–Crippen LogP) is 0.238. The summed E-state index contributed by atoms with van der Waals surface area (Å²) < 4.78 is 15.5. The van der Waals surface area contributed by atoms with Crippen LogP contribution in [-0.2, 0) is 16.0 Å². The van der Waals surface area contributed by atoms with Crippen LogP contribution in [0.1, 0.15) is 5.69 Å². The zero-order valence-electron chi connectivity index (χ0n) is 10.3. The molecule has 6 nitrogen and oxygen atoms in total. The van der Waals surface area contributed by atoms with Crippen molar-refractivity contribution in [3.8, 4) is 5.88 Å². The van der Waals surface area contributed by atoms with Crippen molar-refractivity contribution in [1.82, 2.24) is 15.5 Å². The van der Waals surface area contributed by atoms with Crippen molar-refractivity contribution in [2.24, 2.45) is 0 Å². The molecule has 0 aromatic carbocycles. The molecular formula is C11H19N3O3. The summed E-state index contributed by atoms with van der Waals surface area (Å²) in [4.78, 5) is 0. The molecule has 96 valence electrons. The van der Waals surface area contributed by atoms with Crippen molar-refractivity contribution in [3.05, 3.63) is 17.8 Å². The van der Waals surface area contributed by atoms with E-state index in [4.69, 9.17) is 14.2 Å². The zero-order chi connectivity index (χ0) is 12.3. The van der Waals surface area contributed by atoms with Crippen molar-refractivity contribution in [2.75, 3.05) is 40.6 Å². The van der Waals surface area contributed by atoms with Crippen molar-refractivity contribution < 1.29 is 14.2 Å². The third-order valence-electron chi connectivity index (χ3n) is 1.96. The van der Waals surface area contributed by atoms with Gasteiger partial charge < -0.3 is 19.5 Å². The summed E-state index contributed by atoms with van der Waals surface area (Å²) in [6.07, 6.45) is 0. The summed E-state index contributed by atoms with van der Waals surface area (Å²) in [5.74, 6) is 0.514. The van der Waals surface area contributed by atoms with Crippen molar-refractivity contribution in [2.45, 2.75) is 6.54 Å². The highest BCUT2D eigenvalue weighted by Gasteiger charge is 1.98. The Morgan fingerprint density at radius 2 is 1.94 bits per heavy atom. The summed E-state index contributed by atoms with van der Waals surface area (Å²) in [5.41, 5.74) is 0.885. The minimum atomic E-state index is 0.462. The van der Waals surface area contributed by atoms with E-state index in [9.17, 15) is 0 Å². The quantitative estimate of drug-likeness (QED) is 0.625. The molecule has 0 spiro atoms. The lowest BCUT2D eigenvalue weighted by molar-refractivity contribution is 0.0535. The number of ether oxygens (including phenoxy) is 3. The van der Waals surface area contributed by atoms with Gasteiger partial charge in [-0.2, -0.15) is 5.10 Å². The van der Waals surface area contributed by atoms with Gasteiger partial charge >= 0.3 is 0 Å².